The van der Waals surface area contributed by atoms with E-state index >= 15 is 0 Å². The van der Waals surface area contributed by atoms with E-state index in [1.54, 1.807) is 31.2 Å². The lowest BCUT2D eigenvalue weighted by molar-refractivity contribution is -0.120. The van der Waals surface area contributed by atoms with Gasteiger partial charge >= 0.3 is 0 Å². The number of rotatable bonds is 6. The molecule has 6 nitrogen and oxygen atoms in total. The Morgan fingerprint density at radius 1 is 1.28 bits per heavy atom. The lowest BCUT2D eigenvalue weighted by atomic mass is 9.78. The van der Waals surface area contributed by atoms with Crippen molar-refractivity contribution in [1.29, 1.82) is 0 Å². The molecule has 1 aromatic carbocycles. The fraction of sp³-hybridized carbons (Fsp3) is 0.524. The first-order valence-electron chi connectivity index (χ1n) is 9.87. The summed E-state index contributed by atoms with van der Waals surface area (Å²) in [6.07, 6.45) is 3.08. The van der Waals surface area contributed by atoms with E-state index in [0.717, 1.165) is 19.3 Å². The molecule has 1 aromatic heterocycles. The first-order chi connectivity index (χ1) is 13.7. The molecule has 1 N–H and O–H groups in total. The summed E-state index contributed by atoms with van der Waals surface area (Å²) in [6, 6.07) is 7.09. The Kier molecular flexibility index (Phi) is 6.69. The van der Waals surface area contributed by atoms with Gasteiger partial charge in [-0.25, -0.2) is 13.4 Å². The van der Waals surface area contributed by atoms with Gasteiger partial charge in [-0.3, -0.25) is 4.79 Å². The SMILES string of the molecule is Cc1oc(-c2ccccc2Cl)nc1CS(=O)(=O)CC(=O)N[C@@H]1CCC[C@@H](C)[C@H]1C. The van der Waals surface area contributed by atoms with E-state index in [9.17, 15) is 13.2 Å². The second-order valence-electron chi connectivity index (χ2n) is 7.98. The maximum atomic E-state index is 12.6. The molecule has 2 aromatic rings. The smallest absolute Gasteiger partial charge is 0.235 e. The van der Waals surface area contributed by atoms with Gasteiger partial charge in [0, 0.05) is 6.04 Å². The summed E-state index contributed by atoms with van der Waals surface area (Å²) in [5.41, 5.74) is 0.895. The number of aryl methyl sites for hydroxylation is 1. The van der Waals surface area contributed by atoms with Gasteiger partial charge in [0.2, 0.25) is 11.8 Å². The zero-order valence-corrected chi connectivity index (χ0v) is 18.5. The van der Waals surface area contributed by atoms with Crippen molar-refractivity contribution in [3.63, 3.8) is 0 Å². The number of carbonyl (C=O) groups excluding carboxylic acids is 1. The van der Waals surface area contributed by atoms with Gasteiger partial charge < -0.3 is 9.73 Å². The Morgan fingerprint density at radius 2 is 2.00 bits per heavy atom. The maximum Gasteiger partial charge on any atom is 0.235 e. The zero-order chi connectivity index (χ0) is 21.2. The molecule has 29 heavy (non-hydrogen) atoms. The van der Waals surface area contributed by atoms with Gasteiger partial charge in [-0.2, -0.15) is 0 Å². The van der Waals surface area contributed by atoms with Gasteiger partial charge in [0.1, 0.15) is 11.5 Å². The van der Waals surface area contributed by atoms with E-state index in [4.69, 9.17) is 16.0 Å². The third-order valence-corrected chi connectivity index (χ3v) is 7.50. The Bertz CT molecular complexity index is 986. The highest BCUT2D eigenvalue weighted by molar-refractivity contribution is 7.91. The van der Waals surface area contributed by atoms with Crippen LogP contribution in [0.3, 0.4) is 0 Å². The van der Waals surface area contributed by atoms with Crippen molar-refractivity contribution >= 4 is 27.3 Å². The van der Waals surface area contributed by atoms with Crippen molar-refractivity contribution in [3.05, 3.63) is 40.7 Å². The van der Waals surface area contributed by atoms with Gasteiger partial charge in [-0.1, -0.05) is 50.4 Å². The van der Waals surface area contributed by atoms with E-state index in [1.165, 1.54) is 0 Å². The highest BCUT2D eigenvalue weighted by atomic mass is 35.5. The molecular weight excluding hydrogens is 412 g/mol. The third kappa shape index (κ3) is 5.39. The average Bonchev–Trinajstić information content (AvgIpc) is 2.98. The number of amides is 1. The molecule has 8 heteroatoms. The van der Waals surface area contributed by atoms with Crippen LogP contribution < -0.4 is 5.32 Å². The second-order valence-corrected chi connectivity index (χ2v) is 10.4. The van der Waals surface area contributed by atoms with Crippen LogP contribution in [0.15, 0.2) is 28.7 Å². The monoisotopic (exact) mass is 438 g/mol. The van der Waals surface area contributed by atoms with Gasteiger partial charge in [0.25, 0.3) is 0 Å². The summed E-state index contributed by atoms with van der Waals surface area (Å²) in [5.74, 6) is 0.169. The molecule has 1 aliphatic carbocycles. The topological polar surface area (TPSA) is 89.3 Å². The molecule has 0 aliphatic heterocycles. The van der Waals surface area contributed by atoms with Crippen molar-refractivity contribution in [2.75, 3.05) is 5.75 Å². The number of nitrogens with one attached hydrogen (secondary N) is 1. The summed E-state index contributed by atoms with van der Waals surface area (Å²) >= 11 is 6.17. The zero-order valence-electron chi connectivity index (χ0n) is 16.9. The van der Waals surface area contributed by atoms with Crippen LogP contribution in [0.1, 0.15) is 44.6 Å². The quantitative estimate of drug-likeness (QED) is 0.731. The number of sulfone groups is 1. The predicted octanol–water partition coefficient (Wildman–Crippen LogP) is 4.16. The molecule has 1 aliphatic rings. The minimum absolute atomic E-state index is 0.0297. The molecule has 1 amide bonds. The molecule has 158 valence electrons. The van der Waals surface area contributed by atoms with E-state index in [0.29, 0.717) is 33.9 Å². The lowest BCUT2D eigenvalue weighted by Crippen LogP contribution is -2.45. The fourth-order valence-electron chi connectivity index (χ4n) is 3.81. The number of hydrogen-bond donors (Lipinski definition) is 1. The molecule has 3 rings (SSSR count). The van der Waals surface area contributed by atoms with E-state index < -0.39 is 21.5 Å². The molecule has 1 fully saturated rings. The van der Waals surface area contributed by atoms with Gasteiger partial charge in [-0.05, 0) is 37.3 Å². The largest absolute Gasteiger partial charge is 0.441 e. The van der Waals surface area contributed by atoms with E-state index in [-0.39, 0.29) is 17.7 Å². The normalized spacial score (nSPS) is 22.4. The number of hydrogen-bond acceptors (Lipinski definition) is 5. The van der Waals surface area contributed by atoms with Crippen molar-refractivity contribution in [2.24, 2.45) is 11.8 Å². The number of aromatic nitrogens is 1. The summed E-state index contributed by atoms with van der Waals surface area (Å²) in [6.45, 7) is 5.94. The van der Waals surface area contributed by atoms with Crippen molar-refractivity contribution in [3.8, 4) is 11.5 Å². The molecule has 1 heterocycles. The van der Waals surface area contributed by atoms with Crippen molar-refractivity contribution in [2.45, 2.75) is 51.8 Å². The average molecular weight is 439 g/mol. The third-order valence-electron chi connectivity index (χ3n) is 5.76. The van der Waals surface area contributed by atoms with Crippen LogP contribution in [0, 0.1) is 18.8 Å². The molecule has 1 saturated carbocycles. The predicted molar refractivity (Wildman–Crippen MR) is 113 cm³/mol. The Morgan fingerprint density at radius 3 is 2.72 bits per heavy atom. The fourth-order valence-corrected chi connectivity index (χ4v) is 5.29. The number of halogens is 1. The van der Waals surface area contributed by atoms with Crippen molar-refractivity contribution in [1.82, 2.24) is 10.3 Å². The summed E-state index contributed by atoms with van der Waals surface area (Å²) in [7, 11) is -3.68. The van der Waals surface area contributed by atoms with Crippen LogP contribution in [0.25, 0.3) is 11.5 Å². The first-order valence-corrected chi connectivity index (χ1v) is 12.1. The van der Waals surface area contributed by atoms with Crippen LogP contribution >= 0.6 is 11.6 Å². The van der Waals surface area contributed by atoms with Crippen LogP contribution in [-0.4, -0.2) is 31.1 Å². The van der Waals surface area contributed by atoms with Crippen LogP contribution in [0.2, 0.25) is 5.02 Å². The minimum atomic E-state index is -3.68. The van der Waals surface area contributed by atoms with Gasteiger partial charge in [-0.15, -0.1) is 0 Å². The van der Waals surface area contributed by atoms with Gasteiger partial charge in [0.05, 0.1) is 22.0 Å². The molecule has 3 atom stereocenters. The standard InChI is InChI=1S/C21H27ClN2O4S/c1-13-7-6-10-18(14(13)2)23-20(25)12-29(26,27)11-19-15(3)28-21(24-19)16-8-4-5-9-17(16)22/h4-5,8-9,13-14,18H,6-7,10-12H2,1-3H3,(H,23,25)/t13-,14-,18-/m1/s1. The summed E-state index contributed by atoms with van der Waals surface area (Å²) in [4.78, 5) is 16.7. The van der Waals surface area contributed by atoms with Gasteiger partial charge in [0.15, 0.2) is 9.84 Å². The number of benzene rings is 1. The van der Waals surface area contributed by atoms with Crippen molar-refractivity contribution < 1.29 is 17.6 Å². The minimum Gasteiger partial charge on any atom is -0.441 e. The molecule has 0 spiro atoms. The highest BCUT2D eigenvalue weighted by Gasteiger charge is 2.30. The molecule has 0 radical (unpaired) electrons. The molecule has 0 bridgehead atoms. The first kappa shape index (κ1) is 21.8. The Labute approximate surface area is 177 Å². The number of nitrogens with zero attached hydrogens (tertiary/aromatic N) is 1. The second kappa shape index (κ2) is 8.88. The Hall–Kier alpha value is -1.86. The molecule has 0 unspecified atom stereocenters. The summed E-state index contributed by atoms with van der Waals surface area (Å²) in [5, 5.41) is 3.39. The number of oxazole rings is 1. The summed E-state index contributed by atoms with van der Waals surface area (Å²) < 4.78 is 30.8. The van der Waals surface area contributed by atoms with Crippen LogP contribution in [0.4, 0.5) is 0 Å². The van der Waals surface area contributed by atoms with E-state index in [2.05, 4.69) is 24.1 Å². The van der Waals surface area contributed by atoms with E-state index in [1.807, 2.05) is 0 Å². The van der Waals surface area contributed by atoms with Crippen LogP contribution in [-0.2, 0) is 20.4 Å². The lowest BCUT2D eigenvalue weighted by Gasteiger charge is -2.34. The van der Waals surface area contributed by atoms with Crippen LogP contribution in [0.5, 0.6) is 0 Å². The molecular formula is C21H27ClN2O4S. The number of carbonyl (C=O) groups is 1. The maximum absolute atomic E-state index is 12.6. The highest BCUT2D eigenvalue weighted by Crippen LogP contribution is 2.30. The Balaban J connectivity index is 1.67. The molecule has 0 saturated heterocycles.